The number of carbonyl (C=O) groups excluding carboxylic acids is 1. The van der Waals surface area contributed by atoms with Crippen molar-refractivity contribution in [2.75, 3.05) is 0 Å². The molecule has 4 aromatic carbocycles. The van der Waals surface area contributed by atoms with E-state index in [4.69, 9.17) is 4.74 Å². The SMILES string of the molecule is O=C1NC2(c3ccccc3Oc3cccc(-c4ccc([N+](=O)[O-])cc4)c32)c2ccccc21. The summed E-state index contributed by atoms with van der Waals surface area (Å²) >= 11 is 0. The van der Waals surface area contributed by atoms with E-state index in [9.17, 15) is 14.9 Å². The van der Waals surface area contributed by atoms with Crippen molar-refractivity contribution in [3.05, 3.63) is 123 Å². The van der Waals surface area contributed by atoms with Crippen molar-refractivity contribution in [1.29, 1.82) is 0 Å². The monoisotopic (exact) mass is 420 g/mol. The second kappa shape index (κ2) is 6.52. The minimum absolute atomic E-state index is 0.0226. The van der Waals surface area contributed by atoms with Crippen LogP contribution in [0.2, 0.25) is 0 Å². The van der Waals surface area contributed by atoms with Crippen LogP contribution in [0, 0.1) is 10.1 Å². The predicted octanol–water partition coefficient (Wildman–Crippen LogP) is 5.40. The van der Waals surface area contributed by atoms with E-state index in [0.717, 1.165) is 27.8 Å². The largest absolute Gasteiger partial charge is 0.457 e. The third-order valence-corrected chi connectivity index (χ3v) is 6.18. The van der Waals surface area contributed by atoms with Gasteiger partial charge in [-0.05, 0) is 47.0 Å². The van der Waals surface area contributed by atoms with Gasteiger partial charge in [0.25, 0.3) is 11.6 Å². The number of benzene rings is 4. The first kappa shape index (κ1) is 18.3. The lowest BCUT2D eigenvalue weighted by Crippen LogP contribution is -2.44. The number of ether oxygens (including phenoxy) is 1. The van der Waals surface area contributed by atoms with Crippen LogP contribution in [0.1, 0.15) is 27.0 Å². The number of hydrogen-bond donors (Lipinski definition) is 1. The summed E-state index contributed by atoms with van der Waals surface area (Å²) in [7, 11) is 0. The summed E-state index contributed by atoms with van der Waals surface area (Å²) < 4.78 is 6.28. The molecular weight excluding hydrogens is 404 g/mol. The molecule has 0 bridgehead atoms. The summed E-state index contributed by atoms with van der Waals surface area (Å²) in [6.45, 7) is 0. The molecule has 32 heavy (non-hydrogen) atoms. The van der Waals surface area contributed by atoms with Gasteiger partial charge in [0.2, 0.25) is 0 Å². The Morgan fingerprint density at radius 2 is 1.41 bits per heavy atom. The van der Waals surface area contributed by atoms with Crippen LogP contribution < -0.4 is 10.1 Å². The number of rotatable bonds is 2. The van der Waals surface area contributed by atoms with E-state index >= 15 is 0 Å². The van der Waals surface area contributed by atoms with Gasteiger partial charge in [-0.3, -0.25) is 14.9 Å². The van der Waals surface area contributed by atoms with E-state index in [1.54, 1.807) is 12.1 Å². The third-order valence-electron chi connectivity index (χ3n) is 6.18. The lowest BCUT2D eigenvalue weighted by Gasteiger charge is -2.39. The van der Waals surface area contributed by atoms with Gasteiger partial charge in [0.05, 0.1) is 4.92 Å². The molecule has 0 radical (unpaired) electrons. The first-order chi connectivity index (χ1) is 15.6. The summed E-state index contributed by atoms with van der Waals surface area (Å²) in [6, 6.07) is 27.4. The molecule has 2 aliphatic rings. The highest BCUT2D eigenvalue weighted by Crippen LogP contribution is 2.55. The summed E-state index contributed by atoms with van der Waals surface area (Å²) in [6.07, 6.45) is 0. The number of carbonyl (C=O) groups is 1. The van der Waals surface area contributed by atoms with Crippen LogP contribution in [-0.4, -0.2) is 10.8 Å². The molecule has 6 heteroatoms. The van der Waals surface area contributed by atoms with E-state index < -0.39 is 10.5 Å². The minimum atomic E-state index is -0.934. The molecule has 0 aromatic heterocycles. The maximum Gasteiger partial charge on any atom is 0.269 e. The summed E-state index contributed by atoms with van der Waals surface area (Å²) in [5, 5.41) is 14.4. The van der Waals surface area contributed by atoms with Gasteiger partial charge in [-0.2, -0.15) is 0 Å². The Morgan fingerprint density at radius 3 is 2.19 bits per heavy atom. The zero-order valence-corrected chi connectivity index (χ0v) is 16.7. The molecule has 2 heterocycles. The van der Waals surface area contributed by atoms with Crippen molar-refractivity contribution >= 4 is 11.6 Å². The summed E-state index contributed by atoms with van der Waals surface area (Å²) in [5.41, 5.74) is 3.86. The molecule has 1 unspecified atom stereocenters. The molecule has 2 aliphatic heterocycles. The Bertz CT molecular complexity index is 1430. The fourth-order valence-corrected chi connectivity index (χ4v) is 4.85. The molecule has 0 saturated carbocycles. The minimum Gasteiger partial charge on any atom is -0.457 e. The molecule has 154 valence electrons. The Kier molecular flexibility index (Phi) is 3.74. The maximum absolute atomic E-state index is 13.1. The number of nitrogens with one attached hydrogen (secondary N) is 1. The Hall–Kier alpha value is -4.45. The number of nitro benzene ring substituents is 1. The predicted molar refractivity (Wildman–Crippen MR) is 119 cm³/mol. The molecule has 1 amide bonds. The van der Waals surface area contributed by atoms with Crippen molar-refractivity contribution in [2.24, 2.45) is 0 Å². The molecule has 0 aliphatic carbocycles. The van der Waals surface area contributed by atoms with E-state index in [1.165, 1.54) is 12.1 Å². The van der Waals surface area contributed by atoms with Crippen molar-refractivity contribution in [3.63, 3.8) is 0 Å². The molecule has 0 saturated heterocycles. The molecule has 6 rings (SSSR count). The highest BCUT2D eigenvalue weighted by molar-refractivity contribution is 6.03. The number of hydrogen-bond acceptors (Lipinski definition) is 4. The normalized spacial score (nSPS) is 17.7. The molecule has 6 nitrogen and oxygen atoms in total. The van der Waals surface area contributed by atoms with E-state index in [2.05, 4.69) is 5.32 Å². The molecule has 1 N–H and O–H groups in total. The summed E-state index contributed by atoms with van der Waals surface area (Å²) in [5.74, 6) is 1.16. The van der Waals surface area contributed by atoms with Gasteiger partial charge in [-0.25, -0.2) is 0 Å². The first-order valence-corrected chi connectivity index (χ1v) is 10.2. The van der Waals surface area contributed by atoms with Gasteiger partial charge in [-0.1, -0.05) is 48.5 Å². The number of nitrogens with zero attached hydrogens (tertiary/aromatic N) is 1. The molecule has 1 atom stereocenters. The lowest BCUT2D eigenvalue weighted by molar-refractivity contribution is -0.384. The van der Waals surface area contributed by atoms with Crippen molar-refractivity contribution in [2.45, 2.75) is 5.54 Å². The number of non-ortho nitro benzene ring substituents is 1. The number of amides is 1. The van der Waals surface area contributed by atoms with Crippen LogP contribution >= 0.6 is 0 Å². The zero-order chi connectivity index (χ0) is 21.9. The average Bonchev–Trinajstić information content (AvgIpc) is 3.12. The van der Waals surface area contributed by atoms with E-state index in [-0.39, 0.29) is 11.6 Å². The highest BCUT2D eigenvalue weighted by Gasteiger charge is 2.51. The van der Waals surface area contributed by atoms with Crippen LogP contribution in [0.3, 0.4) is 0 Å². The molecule has 4 aromatic rings. The molecule has 0 fully saturated rings. The van der Waals surface area contributed by atoms with Gasteiger partial charge in [0.1, 0.15) is 17.0 Å². The van der Waals surface area contributed by atoms with Crippen LogP contribution in [-0.2, 0) is 5.54 Å². The molecule has 1 spiro atoms. The lowest BCUT2D eigenvalue weighted by atomic mass is 9.73. The van der Waals surface area contributed by atoms with Crippen LogP contribution in [0.25, 0.3) is 11.1 Å². The van der Waals surface area contributed by atoms with Crippen LogP contribution in [0.4, 0.5) is 5.69 Å². The number of para-hydroxylation sites is 1. The Labute approximate surface area is 183 Å². The van der Waals surface area contributed by atoms with Gasteiger partial charge in [-0.15, -0.1) is 0 Å². The Balaban J connectivity index is 1.69. The fraction of sp³-hybridized carbons (Fsp3) is 0.0385. The average molecular weight is 420 g/mol. The second-order valence-corrected chi connectivity index (χ2v) is 7.83. The maximum atomic E-state index is 13.1. The summed E-state index contributed by atoms with van der Waals surface area (Å²) in [4.78, 5) is 23.8. The second-order valence-electron chi connectivity index (χ2n) is 7.83. The fourth-order valence-electron chi connectivity index (χ4n) is 4.85. The number of fused-ring (bicyclic) bond motifs is 6. The van der Waals surface area contributed by atoms with Gasteiger partial charge < -0.3 is 10.1 Å². The quantitative estimate of drug-likeness (QED) is 0.348. The van der Waals surface area contributed by atoms with Crippen molar-refractivity contribution in [1.82, 2.24) is 5.32 Å². The smallest absolute Gasteiger partial charge is 0.269 e. The van der Waals surface area contributed by atoms with E-state index in [1.807, 2.05) is 66.7 Å². The zero-order valence-electron chi connectivity index (χ0n) is 16.7. The van der Waals surface area contributed by atoms with Gasteiger partial charge >= 0.3 is 0 Å². The van der Waals surface area contributed by atoms with E-state index in [0.29, 0.717) is 17.1 Å². The topological polar surface area (TPSA) is 81.5 Å². The van der Waals surface area contributed by atoms with Gasteiger partial charge in [0.15, 0.2) is 0 Å². The van der Waals surface area contributed by atoms with Crippen molar-refractivity contribution < 1.29 is 14.5 Å². The van der Waals surface area contributed by atoms with Crippen LogP contribution in [0.15, 0.2) is 91.0 Å². The molecular formula is C26H16N2O4. The number of nitro groups is 1. The first-order valence-electron chi connectivity index (χ1n) is 10.2. The van der Waals surface area contributed by atoms with Crippen molar-refractivity contribution in [3.8, 4) is 22.6 Å². The highest BCUT2D eigenvalue weighted by atomic mass is 16.6. The van der Waals surface area contributed by atoms with Gasteiger partial charge in [0, 0.05) is 28.8 Å². The Morgan fingerprint density at radius 1 is 0.750 bits per heavy atom. The standard InChI is InChI=1S/C26H16N2O4/c29-25-19-6-1-2-8-20(19)26(27-25)21-9-3-4-10-22(21)32-23-11-5-7-18(24(23)26)16-12-14-17(15-13-16)28(30)31/h1-15H,(H,27,29). The van der Waals surface area contributed by atoms with Crippen LogP contribution in [0.5, 0.6) is 11.5 Å². The third kappa shape index (κ3) is 2.37.